The Morgan fingerprint density at radius 2 is 2.50 bits per heavy atom. The Balaban J connectivity index is 2.29. The molecule has 1 fully saturated rings. The maximum Gasteiger partial charge on any atom is 0.340 e. The molecule has 0 aromatic heterocycles. The molecule has 3 heteroatoms. The van der Waals surface area contributed by atoms with E-state index in [2.05, 4.69) is 12.3 Å². The summed E-state index contributed by atoms with van der Waals surface area (Å²) < 4.78 is 10.1. The van der Waals surface area contributed by atoms with Gasteiger partial charge in [-0.25, -0.2) is 4.79 Å². The minimum absolute atomic E-state index is 0.365. The highest BCUT2D eigenvalue weighted by atomic mass is 16.7. The van der Waals surface area contributed by atoms with E-state index in [0.717, 1.165) is 25.3 Å². The zero-order valence-corrected chi connectivity index (χ0v) is 6.91. The maximum atomic E-state index is 10.9. The van der Waals surface area contributed by atoms with E-state index >= 15 is 0 Å². The van der Waals surface area contributed by atoms with Gasteiger partial charge in [0, 0.05) is 6.42 Å². The maximum absolute atomic E-state index is 10.9. The van der Waals surface area contributed by atoms with E-state index in [9.17, 15) is 4.79 Å². The van der Waals surface area contributed by atoms with Gasteiger partial charge in [0.1, 0.15) is 0 Å². The van der Waals surface area contributed by atoms with E-state index in [0.29, 0.717) is 6.61 Å². The lowest BCUT2D eigenvalue weighted by Crippen LogP contribution is -2.24. The first-order valence-corrected chi connectivity index (χ1v) is 4.01. The van der Waals surface area contributed by atoms with E-state index in [1.165, 1.54) is 0 Å². The van der Waals surface area contributed by atoms with Crippen LogP contribution in [0.4, 0.5) is 0 Å². The molecule has 0 aliphatic carbocycles. The molecule has 0 bridgehead atoms. The summed E-state index contributed by atoms with van der Waals surface area (Å²) in [4.78, 5) is 10.9. The minimum Gasteiger partial charge on any atom is -0.432 e. The highest BCUT2D eigenvalue weighted by Crippen LogP contribution is 2.13. The van der Waals surface area contributed by atoms with Crippen molar-refractivity contribution in [2.45, 2.75) is 25.6 Å². The Hall–Kier alpha value is -1.05. The number of carbonyl (C=O) groups is 1. The van der Waals surface area contributed by atoms with Crippen LogP contribution < -0.4 is 0 Å². The van der Waals surface area contributed by atoms with Crippen molar-refractivity contribution >= 4 is 5.97 Å². The molecule has 12 heavy (non-hydrogen) atoms. The molecule has 1 rings (SSSR count). The third-order valence-electron chi connectivity index (χ3n) is 1.61. The quantitative estimate of drug-likeness (QED) is 0.355. The molecule has 1 aliphatic heterocycles. The van der Waals surface area contributed by atoms with Gasteiger partial charge in [-0.3, -0.25) is 0 Å². The van der Waals surface area contributed by atoms with Gasteiger partial charge < -0.3 is 9.47 Å². The molecule has 1 atom stereocenters. The first-order valence-electron chi connectivity index (χ1n) is 4.01. The summed E-state index contributed by atoms with van der Waals surface area (Å²) in [6.45, 7) is 3.95. The monoisotopic (exact) mass is 168 g/mol. The second-order valence-corrected chi connectivity index (χ2v) is 2.58. The second-order valence-electron chi connectivity index (χ2n) is 2.58. The van der Waals surface area contributed by atoms with Crippen LogP contribution in [-0.2, 0) is 14.3 Å². The molecule has 0 aromatic carbocycles. The number of hydrogen-bond acceptors (Lipinski definition) is 3. The zero-order chi connectivity index (χ0) is 8.81. The van der Waals surface area contributed by atoms with Crippen molar-refractivity contribution in [3.8, 4) is 0 Å². The lowest BCUT2D eigenvalue weighted by molar-refractivity contribution is -0.181. The van der Waals surface area contributed by atoms with Gasteiger partial charge in [0.05, 0.1) is 12.7 Å². The minimum atomic E-state index is -0.433. The van der Waals surface area contributed by atoms with Gasteiger partial charge in [0.25, 0.3) is 0 Å². The van der Waals surface area contributed by atoms with Crippen LogP contribution in [0.3, 0.4) is 0 Å². The summed E-state index contributed by atoms with van der Waals surface area (Å²) in [6, 6.07) is 0. The molecule has 0 amide bonds. The molecule has 1 aliphatic rings. The van der Waals surface area contributed by atoms with Crippen LogP contribution in [0.1, 0.15) is 19.3 Å². The van der Waals surface area contributed by atoms with Crippen LogP contribution in [0.5, 0.6) is 0 Å². The van der Waals surface area contributed by atoms with Crippen LogP contribution in [-0.4, -0.2) is 18.9 Å². The fourth-order valence-corrected chi connectivity index (χ4v) is 1.05. The Kier molecular flexibility index (Phi) is 3.58. The van der Waals surface area contributed by atoms with Crippen LogP contribution in [0.25, 0.3) is 0 Å². The SMILES string of the molecule is C=C=CC(=O)OC1CCCCO1. The summed E-state index contributed by atoms with van der Waals surface area (Å²) in [7, 11) is 0. The van der Waals surface area contributed by atoms with E-state index in [4.69, 9.17) is 9.47 Å². The molecule has 1 saturated heterocycles. The summed E-state index contributed by atoms with van der Waals surface area (Å²) >= 11 is 0. The molecule has 66 valence electrons. The summed E-state index contributed by atoms with van der Waals surface area (Å²) in [5, 5.41) is 0. The van der Waals surface area contributed by atoms with Gasteiger partial charge in [-0.05, 0) is 12.8 Å². The average molecular weight is 168 g/mol. The van der Waals surface area contributed by atoms with Crippen LogP contribution in [0.2, 0.25) is 0 Å². The molecule has 0 N–H and O–H groups in total. The smallest absolute Gasteiger partial charge is 0.340 e. The summed E-state index contributed by atoms with van der Waals surface area (Å²) in [5.74, 6) is -0.433. The summed E-state index contributed by atoms with van der Waals surface area (Å²) in [6.07, 6.45) is 3.69. The van der Waals surface area contributed by atoms with Crippen LogP contribution in [0, 0.1) is 0 Å². The molecule has 3 nitrogen and oxygen atoms in total. The third kappa shape index (κ3) is 2.91. The second kappa shape index (κ2) is 4.75. The topological polar surface area (TPSA) is 35.5 Å². The predicted octanol–water partition coefficient (Wildman–Crippen LogP) is 1.40. The fraction of sp³-hybridized carbons (Fsp3) is 0.556. The van der Waals surface area contributed by atoms with Crippen molar-refractivity contribution in [2.75, 3.05) is 6.61 Å². The first-order chi connectivity index (χ1) is 5.83. The molecular formula is C9H12O3. The number of carbonyl (C=O) groups excluding carboxylic acids is 1. The first kappa shape index (κ1) is 9.04. The number of ether oxygens (including phenoxy) is 2. The van der Waals surface area contributed by atoms with Crippen LogP contribution in [0.15, 0.2) is 18.4 Å². The van der Waals surface area contributed by atoms with Crippen molar-refractivity contribution in [1.29, 1.82) is 0 Å². The number of esters is 1. The van der Waals surface area contributed by atoms with Gasteiger partial charge in [0.2, 0.25) is 6.29 Å². The normalized spacial score (nSPS) is 22.5. The third-order valence-corrected chi connectivity index (χ3v) is 1.61. The zero-order valence-electron chi connectivity index (χ0n) is 6.91. The molecule has 0 spiro atoms. The van der Waals surface area contributed by atoms with Gasteiger partial charge in [-0.15, -0.1) is 5.73 Å². The van der Waals surface area contributed by atoms with Gasteiger partial charge in [-0.2, -0.15) is 0 Å². The van der Waals surface area contributed by atoms with E-state index in [-0.39, 0.29) is 6.29 Å². The molecular weight excluding hydrogens is 156 g/mol. The Labute approximate surface area is 71.7 Å². The lowest BCUT2D eigenvalue weighted by atomic mass is 10.2. The van der Waals surface area contributed by atoms with Gasteiger partial charge in [-0.1, -0.05) is 6.58 Å². The van der Waals surface area contributed by atoms with Gasteiger partial charge in [0.15, 0.2) is 0 Å². The highest BCUT2D eigenvalue weighted by molar-refractivity contribution is 5.81. The molecule has 1 unspecified atom stereocenters. The molecule has 0 aromatic rings. The highest BCUT2D eigenvalue weighted by Gasteiger charge is 2.16. The van der Waals surface area contributed by atoms with Crippen LogP contribution >= 0.6 is 0 Å². The Morgan fingerprint density at radius 1 is 1.67 bits per heavy atom. The fourth-order valence-electron chi connectivity index (χ4n) is 1.05. The van der Waals surface area contributed by atoms with Gasteiger partial charge >= 0.3 is 5.97 Å². The standard InChI is InChI=1S/C9H12O3/c1-2-5-8(10)12-9-6-3-4-7-11-9/h5,9H,1,3-4,6-7H2. The molecule has 1 heterocycles. The van der Waals surface area contributed by atoms with Crippen molar-refractivity contribution in [3.63, 3.8) is 0 Å². The predicted molar refractivity (Wildman–Crippen MR) is 43.4 cm³/mol. The van der Waals surface area contributed by atoms with E-state index in [1.54, 1.807) is 0 Å². The van der Waals surface area contributed by atoms with Crippen molar-refractivity contribution < 1.29 is 14.3 Å². The lowest BCUT2D eigenvalue weighted by Gasteiger charge is -2.21. The van der Waals surface area contributed by atoms with Crippen molar-refractivity contribution in [1.82, 2.24) is 0 Å². The average Bonchev–Trinajstić information content (AvgIpc) is 2.06. The van der Waals surface area contributed by atoms with E-state index < -0.39 is 5.97 Å². The number of rotatable bonds is 2. The van der Waals surface area contributed by atoms with E-state index in [1.807, 2.05) is 0 Å². The summed E-state index contributed by atoms with van der Waals surface area (Å²) in [5.41, 5.74) is 2.35. The Morgan fingerprint density at radius 3 is 3.08 bits per heavy atom. The van der Waals surface area contributed by atoms with Crippen molar-refractivity contribution in [3.05, 3.63) is 18.4 Å². The largest absolute Gasteiger partial charge is 0.432 e. The number of hydrogen-bond donors (Lipinski definition) is 0. The molecule has 0 saturated carbocycles. The Bertz CT molecular complexity index is 198. The molecule has 0 radical (unpaired) electrons. The van der Waals surface area contributed by atoms with Crippen molar-refractivity contribution in [2.24, 2.45) is 0 Å².